The molecule has 4 aromatic rings. The van der Waals surface area contributed by atoms with Crippen molar-refractivity contribution in [2.75, 3.05) is 30.4 Å². The van der Waals surface area contributed by atoms with Crippen LogP contribution in [0, 0.1) is 0 Å². The quantitative estimate of drug-likeness (QED) is 0.508. The maximum atomic E-state index is 12.6. The highest BCUT2D eigenvalue weighted by atomic mass is 16.5. The molecule has 1 fully saturated rings. The van der Waals surface area contributed by atoms with Gasteiger partial charge in [0, 0.05) is 29.7 Å². The minimum absolute atomic E-state index is 0.229. The summed E-state index contributed by atoms with van der Waals surface area (Å²) in [4.78, 5) is 14.9. The molecule has 2 aromatic heterocycles. The summed E-state index contributed by atoms with van der Waals surface area (Å²) in [5.74, 6) is 1.43. The molecule has 1 aliphatic rings. The van der Waals surface area contributed by atoms with Gasteiger partial charge in [0.15, 0.2) is 22.9 Å². The molecule has 0 saturated carbocycles. The molecule has 7 nitrogen and oxygen atoms in total. The molecule has 0 atom stereocenters. The summed E-state index contributed by atoms with van der Waals surface area (Å²) >= 11 is 0. The van der Waals surface area contributed by atoms with E-state index in [1.165, 1.54) is 12.8 Å². The number of hydrogen-bond donors (Lipinski definition) is 1. The van der Waals surface area contributed by atoms with Crippen LogP contribution in [0.3, 0.4) is 0 Å². The van der Waals surface area contributed by atoms with E-state index in [2.05, 4.69) is 20.4 Å². The standard InChI is InChI=1S/C24H22N4O3/c1-30-20-6-4-5-17-15-21(31-23(17)20)24(29)25-18-9-7-16(8-10-18)19-11-12-22(27-26-19)28-13-2-3-14-28/h4-12,15H,2-3,13-14H2,1H3,(H,25,29). The average molecular weight is 414 g/mol. The first-order valence-electron chi connectivity index (χ1n) is 10.3. The van der Waals surface area contributed by atoms with Crippen molar-refractivity contribution in [2.24, 2.45) is 0 Å². The van der Waals surface area contributed by atoms with Crippen LogP contribution in [0.15, 0.2) is 65.1 Å². The van der Waals surface area contributed by atoms with Gasteiger partial charge in [-0.3, -0.25) is 4.79 Å². The van der Waals surface area contributed by atoms with Crippen molar-refractivity contribution >= 4 is 28.4 Å². The lowest BCUT2D eigenvalue weighted by molar-refractivity contribution is 0.0998. The molecule has 1 N–H and O–H groups in total. The van der Waals surface area contributed by atoms with Crippen LogP contribution in [-0.4, -0.2) is 36.3 Å². The molecule has 2 aromatic carbocycles. The summed E-state index contributed by atoms with van der Waals surface area (Å²) < 4.78 is 11.0. The fourth-order valence-electron chi connectivity index (χ4n) is 3.82. The SMILES string of the molecule is COc1cccc2cc(C(=O)Nc3ccc(-c4ccc(N5CCCC5)nn4)cc3)oc12. The molecule has 0 aliphatic carbocycles. The second-order valence-corrected chi connectivity index (χ2v) is 7.49. The number of nitrogens with one attached hydrogen (secondary N) is 1. The minimum atomic E-state index is -0.319. The summed E-state index contributed by atoms with van der Waals surface area (Å²) in [6.07, 6.45) is 2.41. The molecular weight excluding hydrogens is 392 g/mol. The second-order valence-electron chi connectivity index (χ2n) is 7.49. The number of para-hydroxylation sites is 1. The number of anilines is 2. The maximum absolute atomic E-state index is 12.6. The fourth-order valence-corrected chi connectivity index (χ4v) is 3.82. The normalized spacial score (nSPS) is 13.5. The van der Waals surface area contributed by atoms with Crippen molar-refractivity contribution in [3.05, 3.63) is 66.4 Å². The van der Waals surface area contributed by atoms with Gasteiger partial charge in [-0.15, -0.1) is 10.2 Å². The Labute approximate surface area is 179 Å². The summed E-state index contributed by atoms with van der Waals surface area (Å²) in [6.45, 7) is 2.08. The van der Waals surface area contributed by atoms with E-state index in [1.54, 1.807) is 19.2 Å². The Hall–Kier alpha value is -3.87. The molecule has 0 radical (unpaired) electrons. The number of benzene rings is 2. The van der Waals surface area contributed by atoms with E-state index in [1.807, 2.05) is 48.5 Å². The van der Waals surface area contributed by atoms with Crippen molar-refractivity contribution in [3.63, 3.8) is 0 Å². The van der Waals surface area contributed by atoms with Gasteiger partial charge in [-0.25, -0.2) is 0 Å². The van der Waals surface area contributed by atoms with Gasteiger partial charge in [0.05, 0.1) is 12.8 Å². The number of methoxy groups -OCH3 is 1. The lowest BCUT2D eigenvalue weighted by atomic mass is 10.1. The van der Waals surface area contributed by atoms with Crippen LogP contribution in [0.25, 0.3) is 22.2 Å². The topological polar surface area (TPSA) is 80.5 Å². The Morgan fingerprint density at radius 3 is 2.55 bits per heavy atom. The van der Waals surface area contributed by atoms with Crippen molar-refractivity contribution in [1.29, 1.82) is 0 Å². The predicted octanol–water partition coefficient (Wildman–Crippen LogP) is 4.75. The third kappa shape index (κ3) is 3.82. The van der Waals surface area contributed by atoms with Gasteiger partial charge in [0.2, 0.25) is 0 Å². The number of nitrogens with zero attached hydrogens (tertiary/aromatic N) is 3. The van der Waals surface area contributed by atoms with Crippen molar-refractivity contribution in [3.8, 4) is 17.0 Å². The second kappa shape index (κ2) is 8.10. The van der Waals surface area contributed by atoms with Gasteiger partial charge in [-0.05, 0) is 49.2 Å². The average Bonchev–Trinajstić information content (AvgIpc) is 3.50. The molecule has 0 unspecified atom stereocenters. The monoisotopic (exact) mass is 414 g/mol. The van der Waals surface area contributed by atoms with E-state index in [0.29, 0.717) is 17.0 Å². The zero-order chi connectivity index (χ0) is 21.2. The van der Waals surface area contributed by atoms with Crippen LogP contribution >= 0.6 is 0 Å². The first kappa shape index (κ1) is 19.1. The molecule has 1 aliphatic heterocycles. The van der Waals surface area contributed by atoms with Crippen LogP contribution in [0.4, 0.5) is 11.5 Å². The molecule has 1 saturated heterocycles. The van der Waals surface area contributed by atoms with Gasteiger partial charge in [-0.1, -0.05) is 24.3 Å². The highest BCUT2D eigenvalue weighted by Crippen LogP contribution is 2.29. The number of carbonyl (C=O) groups excluding carboxylic acids is 1. The molecule has 0 bridgehead atoms. The number of fused-ring (bicyclic) bond motifs is 1. The number of ether oxygens (including phenoxy) is 1. The largest absolute Gasteiger partial charge is 0.493 e. The summed E-state index contributed by atoms with van der Waals surface area (Å²) in [5.41, 5.74) is 2.96. The number of rotatable bonds is 5. The number of furan rings is 1. The van der Waals surface area contributed by atoms with E-state index in [4.69, 9.17) is 9.15 Å². The third-order valence-corrected chi connectivity index (χ3v) is 5.47. The van der Waals surface area contributed by atoms with E-state index in [-0.39, 0.29) is 11.7 Å². The zero-order valence-electron chi connectivity index (χ0n) is 17.2. The van der Waals surface area contributed by atoms with Crippen LogP contribution in [-0.2, 0) is 0 Å². The van der Waals surface area contributed by atoms with Gasteiger partial charge in [0.25, 0.3) is 5.91 Å². The third-order valence-electron chi connectivity index (χ3n) is 5.47. The van der Waals surface area contributed by atoms with Crippen LogP contribution < -0.4 is 15.0 Å². The number of amides is 1. The first-order chi connectivity index (χ1) is 15.2. The van der Waals surface area contributed by atoms with Gasteiger partial charge in [0.1, 0.15) is 0 Å². The van der Waals surface area contributed by atoms with E-state index in [0.717, 1.165) is 35.6 Å². The molecular formula is C24H22N4O3. The van der Waals surface area contributed by atoms with Gasteiger partial charge >= 0.3 is 0 Å². The fraction of sp³-hybridized carbons (Fsp3) is 0.208. The smallest absolute Gasteiger partial charge is 0.291 e. The van der Waals surface area contributed by atoms with Gasteiger partial charge < -0.3 is 19.4 Å². The molecule has 0 spiro atoms. The Morgan fingerprint density at radius 1 is 1.03 bits per heavy atom. The first-order valence-corrected chi connectivity index (χ1v) is 10.3. The number of hydrogen-bond acceptors (Lipinski definition) is 6. The molecule has 3 heterocycles. The number of aromatic nitrogens is 2. The predicted molar refractivity (Wildman–Crippen MR) is 120 cm³/mol. The van der Waals surface area contributed by atoms with Crippen LogP contribution in [0.5, 0.6) is 5.75 Å². The lowest BCUT2D eigenvalue weighted by Crippen LogP contribution is -2.19. The Morgan fingerprint density at radius 2 is 1.84 bits per heavy atom. The minimum Gasteiger partial charge on any atom is -0.493 e. The molecule has 5 rings (SSSR count). The molecule has 7 heteroatoms. The van der Waals surface area contributed by atoms with Crippen molar-refractivity contribution in [2.45, 2.75) is 12.8 Å². The highest BCUT2D eigenvalue weighted by Gasteiger charge is 2.16. The summed E-state index contributed by atoms with van der Waals surface area (Å²) in [6, 6.07) is 18.7. The highest BCUT2D eigenvalue weighted by molar-refractivity contribution is 6.05. The van der Waals surface area contributed by atoms with Crippen molar-refractivity contribution < 1.29 is 13.9 Å². The molecule has 31 heavy (non-hydrogen) atoms. The van der Waals surface area contributed by atoms with E-state index < -0.39 is 0 Å². The Balaban J connectivity index is 1.29. The van der Waals surface area contributed by atoms with Gasteiger partial charge in [-0.2, -0.15) is 0 Å². The van der Waals surface area contributed by atoms with E-state index in [9.17, 15) is 4.79 Å². The summed E-state index contributed by atoms with van der Waals surface area (Å²) in [5, 5.41) is 12.4. The lowest BCUT2D eigenvalue weighted by Gasteiger charge is -2.15. The van der Waals surface area contributed by atoms with Crippen molar-refractivity contribution in [1.82, 2.24) is 10.2 Å². The zero-order valence-corrected chi connectivity index (χ0v) is 17.2. The molecule has 156 valence electrons. The van der Waals surface area contributed by atoms with Crippen LogP contribution in [0.1, 0.15) is 23.4 Å². The molecule has 1 amide bonds. The summed E-state index contributed by atoms with van der Waals surface area (Å²) in [7, 11) is 1.57. The Kier molecular flexibility index (Phi) is 5.00. The van der Waals surface area contributed by atoms with E-state index >= 15 is 0 Å². The van der Waals surface area contributed by atoms with Crippen LogP contribution in [0.2, 0.25) is 0 Å². The Bertz CT molecular complexity index is 1210. The number of carbonyl (C=O) groups is 1. The maximum Gasteiger partial charge on any atom is 0.291 e.